The van der Waals surface area contributed by atoms with Crippen molar-refractivity contribution >= 4 is 28.4 Å². The maximum absolute atomic E-state index is 13.3. The summed E-state index contributed by atoms with van der Waals surface area (Å²) in [5.41, 5.74) is 0.364. The summed E-state index contributed by atoms with van der Waals surface area (Å²) in [5.74, 6) is -2.38. The van der Waals surface area contributed by atoms with Gasteiger partial charge in [-0.15, -0.1) is 0 Å². The second-order valence-electron chi connectivity index (χ2n) is 5.89. The van der Waals surface area contributed by atoms with Gasteiger partial charge in [-0.1, -0.05) is 0 Å². The second-order valence-corrected chi connectivity index (χ2v) is 5.89. The summed E-state index contributed by atoms with van der Waals surface area (Å²) in [6, 6.07) is 5.99. The number of aromatic nitrogens is 2. The lowest BCUT2D eigenvalue weighted by Gasteiger charge is -2.08. The Kier molecular flexibility index (Phi) is 5.30. The van der Waals surface area contributed by atoms with Crippen LogP contribution in [0, 0.1) is 5.82 Å². The number of amides is 2. The zero-order valence-electron chi connectivity index (χ0n) is 14.2. The fraction of sp³-hybridized carbons (Fsp3) is 0.167. The lowest BCUT2D eigenvalue weighted by Crippen LogP contribution is -2.36. The number of nitrogens with one attached hydrogen (secondary N) is 3. The fourth-order valence-electron chi connectivity index (χ4n) is 2.57. The Labute approximate surface area is 156 Å². The highest BCUT2D eigenvalue weighted by Crippen LogP contribution is 2.27. The van der Waals surface area contributed by atoms with Crippen molar-refractivity contribution in [2.75, 3.05) is 11.9 Å². The SMILES string of the molecule is O=C(NCCc1c[nH]c2ccc(F)cc12)C(=O)Nc1ccc(C(F)(F)F)nc1. The summed E-state index contributed by atoms with van der Waals surface area (Å²) in [4.78, 5) is 29.8. The van der Waals surface area contributed by atoms with Gasteiger partial charge in [0.25, 0.3) is 0 Å². The van der Waals surface area contributed by atoms with Crippen LogP contribution >= 0.6 is 0 Å². The van der Waals surface area contributed by atoms with Gasteiger partial charge >= 0.3 is 18.0 Å². The number of alkyl halides is 3. The van der Waals surface area contributed by atoms with Crippen LogP contribution in [-0.4, -0.2) is 28.3 Å². The van der Waals surface area contributed by atoms with E-state index >= 15 is 0 Å². The maximum atomic E-state index is 13.3. The molecule has 2 amide bonds. The molecule has 0 bridgehead atoms. The molecule has 0 aliphatic rings. The monoisotopic (exact) mass is 394 g/mol. The van der Waals surface area contributed by atoms with E-state index in [2.05, 4.69) is 20.6 Å². The van der Waals surface area contributed by atoms with Crippen LogP contribution in [0.4, 0.5) is 23.2 Å². The summed E-state index contributed by atoms with van der Waals surface area (Å²) >= 11 is 0. The minimum Gasteiger partial charge on any atom is -0.361 e. The Balaban J connectivity index is 1.53. The van der Waals surface area contributed by atoms with Gasteiger partial charge in [0.1, 0.15) is 11.5 Å². The van der Waals surface area contributed by atoms with E-state index < -0.39 is 23.7 Å². The molecule has 0 spiro atoms. The van der Waals surface area contributed by atoms with Crippen molar-refractivity contribution in [2.24, 2.45) is 0 Å². The molecule has 2 aromatic heterocycles. The van der Waals surface area contributed by atoms with Crippen LogP contribution in [0.5, 0.6) is 0 Å². The molecule has 6 nitrogen and oxygen atoms in total. The maximum Gasteiger partial charge on any atom is 0.433 e. The molecule has 146 valence electrons. The van der Waals surface area contributed by atoms with Gasteiger partial charge in [-0.3, -0.25) is 9.59 Å². The first-order valence-electron chi connectivity index (χ1n) is 8.12. The molecule has 0 aliphatic heterocycles. The van der Waals surface area contributed by atoms with Gasteiger partial charge in [0, 0.05) is 23.6 Å². The highest BCUT2D eigenvalue weighted by atomic mass is 19.4. The number of H-pyrrole nitrogens is 1. The largest absolute Gasteiger partial charge is 0.433 e. The third kappa shape index (κ3) is 4.45. The molecule has 10 heteroatoms. The smallest absolute Gasteiger partial charge is 0.361 e. The fourth-order valence-corrected chi connectivity index (χ4v) is 2.57. The van der Waals surface area contributed by atoms with E-state index in [9.17, 15) is 27.2 Å². The minimum atomic E-state index is -4.59. The van der Waals surface area contributed by atoms with Gasteiger partial charge < -0.3 is 15.6 Å². The Hall–Kier alpha value is -3.43. The number of pyridine rings is 1. The zero-order chi connectivity index (χ0) is 20.3. The number of halogens is 4. The standard InChI is InChI=1S/C18H14F4N4O2/c19-11-1-3-14-13(7-11)10(8-24-14)5-6-23-16(27)17(28)26-12-2-4-15(25-9-12)18(20,21)22/h1-4,7-9,24H,5-6H2,(H,23,27)(H,26,28). The summed E-state index contributed by atoms with van der Waals surface area (Å²) in [6.45, 7) is 0.112. The van der Waals surface area contributed by atoms with Crippen LogP contribution < -0.4 is 10.6 Å². The van der Waals surface area contributed by atoms with Gasteiger partial charge in [0.15, 0.2) is 0 Å². The Morgan fingerprint density at radius 3 is 2.57 bits per heavy atom. The molecule has 3 aromatic rings. The van der Waals surface area contributed by atoms with Crippen molar-refractivity contribution in [3.63, 3.8) is 0 Å². The number of nitrogens with zero attached hydrogens (tertiary/aromatic N) is 1. The molecular formula is C18H14F4N4O2. The van der Waals surface area contributed by atoms with Crippen LogP contribution in [0.25, 0.3) is 10.9 Å². The molecule has 0 atom stereocenters. The molecule has 0 fully saturated rings. The highest BCUT2D eigenvalue weighted by Gasteiger charge is 2.32. The normalized spacial score (nSPS) is 11.4. The van der Waals surface area contributed by atoms with Crippen LogP contribution in [0.15, 0.2) is 42.7 Å². The quantitative estimate of drug-likeness (QED) is 0.470. The van der Waals surface area contributed by atoms with Crippen LogP contribution in [0.3, 0.4) is 0 Å². The first-order valence-corrected chi connectivity index (χ1v) is 8.12. The van der Waals surface area contributed by atoms with Crippen molar-refractivity contribution in [2.45, 2.75) is 12.6 Å². The summed E-state index contributed by atoms with van der Waals surface area (Å²) in [6.07, 6.45) is -1.74. The summed E-state index contributed by atoms with van der Waals surface area (Å²) in [7, 11) is 0. The first-order chi connectivity index (χ1) is 13.2. The molecule has 0 aliphatic carbocycles. The van der Waals surface area contributed by atoms with E-state index in [4.69, 9.17) is 0 Å². The number of hydrogen-bond acceptors (Lipinski definition) is 3. The molecule has 0 unspecified atom stereocenters. The third-order valence-electron chi connectivity index (χ3n) is 3.93. The summed E-state index contributed by atoms with van der Waals surface area (Å²) in [5, 5.41) is 5.24. The predicted molar refractivity (Wildman–Crippen MR) is 92.8 cm³/mol. The van der Waals surface area contributed by atoms with Crippen molar-refractivity contribution in [3.05, 3.63) is 59.8 Å². The molecular weight excluding hydrogens is 380 g/mol. The Morgan fingerprint density at radius 2 is 1.89 bits per heavy atom. The first kappa shape index (κ1) is 19.3. The van der Waals surface area contributed by atoms with Crippen molar-refractivity contribution in [1.82, 2.24) is 15.3 Å². The number of fused-ring (bicyclic) bond motifs is 1. The van der Waals surface area contributed by atoms with E-state index in [1.807, 2.05) is 0 Å². The van der Waals surface area contributed by atoms with Gasteiger partial charge in [-0.2, -0.15) is 13.2 Å². The molecule has 0 saturated carbocycles. The average Bonchev–Trinajstić information content (AvgIpc) is 3.03. The van der Waals surface area contributed by atoms with Gasteiger partial charge in [0.05, 0.1) is 11.9 Å². The molecule has 0 radical (unpaired) electrons. The minimum absolute atomic E-state index is 0.0414. The van der Waals surface area contributed by atoms with Gasteiger partial charge in [-0.05, 0) is 42.3 Å². The van der Waals surface area contributed by atoms with Gasteiger partial charge in [-0.25, -0.2) is 9.37 Å². The number of carbonyl (C=O) groups is 2. The molecule has 3 N–H and O–H groups in total. The molecule has 2 heterocycles. The topological polar surface area (TPSA) is 86.9 Å². The lowest BCUT2D eigenvalue weighted by atomic mass is 10.1. The lowest BCUT2D eigenvalue weighted by molar-refractivity contribution is -0.141. The van der Waals surface area contributed by atoms with E-state index in [-0.39, 0.29) is 18.0 Å². The predicted octanol–water partition coefficient (Wildman–Crippen LogP) is 3.02. The van der Waals surface area contributed by atoms with E-state index in [1.165, 1.54) is 12.1 Å². The van der Waals surface area contributed by atoms with Crippen LogP contribution in [-0.2, 0) is 22.2 Å². The third-order valence-corrected chi connectivity index (χ3v) is 3.93. The zero-order valence-corrected chi connectivity index (χ0v) is 14.2. The number of rotatable bonds is 4. The van der Waals surface area contributed by atoms with Crippen molar-refractivity contribution in [1.29, 1.82) is 0 Å². The van der Waals surface area contributed by atoms with Crippen LogP contribution in [0.1, 0.15) is 11.3 Å². The average molecular weight is 394 g/mol. The van der Waals surface area contributed by atoms with Crippen molar-refractivity contribution < 1.29 is 27.2 Å². The van der Waals surface area contributed by atoms with E-state index in [1.54, 1.807) is 12.3 Å². The molecule has 1 aromatic carbocycles. The van der Waals surface area contributed by atoms with E-state index in [0.29, 0.717) is 17.9 Å². The van der Waals surface area contributed by atoms with Crippen LogP contribution in [0.2, 0.25) is 0 Å². The number of carbonyl (C=O) groups excluding carboxylic acids is 2. The number of aromatic amines is 1. The molecule has 0 saturated heterocycles. The molecule has 3 rings (SSSR count). The second kappa shape index (κ2) is 7.67. The molecule has 28 heavy (non-hydrogen) atoms. The number of anilines is 1. The number of hydrogen-bond donors (Lipinski definition) is 3. The van der Waals surface area contributed by atoms with Crippen molar-refractivity contribution in [3.8, 4) is 0 Å². The van der Waals surface area contributed by atoms with Gasteiger partial charge in [0.2, 0.25) is 0 Å². The number of benzene rings is 1. The Bertz CT molecular complexity index is 1010. The highest BCUT2D eigenvalue weighted by molar-refractivity contribution is 6.39. The summed E-state index contributed by atoms with van der Waals surface area (Å²) < 4.78 is 50.7. The Morgan fingerprint density at radius 1 is 1.11 bits per heavy atom. The van der Waals surface area contributed by atoms with E-state index in [0.717, 1.165) is 23.3 Å².